The van der Waals surface area contributed by atoms with Gasteiger partial charge < -0.3 is 14.7 Å². The number of carboxylic acids is 1. The van der Waals surface area contributed by atoms with Gasteiger partial charge in [0, 0.05) is 31.0 Å². The molecule has 1 aromatic carbocycles. The van der Waals surface area contributed by atoms with Gasteiger partial charge in [-0.05, 0) is 17.7 Å². The quantitative estimate of drug-likeness (QED) is 0.847. The molecule has 0 amide bonds. The molecule has 0 unspecified atom stereocenters. The average molecular weight is 286 g/mol. The number of ether oxygens (including phenoxy) is 1. The van der Waals surface area contributed by atoms with E-state index < -0.39 is 5.97 Å². The van der Waals surface area contributed by atoms with E-state index in [0.29, 0.717) is 19.0 Å². The summed E-state index contributed by atoms with van der Waals surface area (Å²) in [6.45, 7) is 1.06. The monoisotopic (exact) mass is 286 g/mol. The van der Waals surface area contributed by atoms with Crippen LogP contribution in [0.2, 0.25) is 0 Å². The standard InChI is InChI=1S/C16H18N2O3/c1-21-15-8-7-13(11-17-15)12-18(10-9-16(19)20)14-5-3-2-4-6-14/h2-8,11H,9-10,12H2,1H3,(H,19,20). The lowest BCUT2D eigenvalue weighted by Crippen LogP contribution is -2.25. The van der Waals surface area contributed by atoms with Gasteiger partial charge in [-0.1, -0.05) is 24.3 Å². The zero-order valence-corrected chi connectivity index (χ0v) is 11.9. The van der Waals surface area contributed by atoms with E-state index in [4.69, 9.17) is 9.84 Å². The molecule has 1 heterocycles. The molecule has 5 nitrogen and oxygen atoms in total. The van der Waals surface area contributed by atoms with Crippen LogP contribution in [-0.4, -0.2) is 29.7 Å². The average Bonchev–Trinajstić information content (AvgIpc) is 2.52. The minimum Gasteiger partial charge on any atom is -0.481 e. The third-order valence-corrected chi connectivity index (χ3v) is 3.10. The maximum Gasteiger partial charge on any atom is 0.305 e. The summed E-state index contributed by atoms with van der Waals surface area (Å²) in [5.74, 6) is -0.237. The molecule has 2 aromatic rings. The van der Waals surface area contributed by atoms with Crippen LogP contribution < -0.4 is 9.64 Å². The molecule has 0 aliphatic rings. The van der Waals surface area contributed by atoms with Crippen LogP contribution in [-0.2, 0) is 11.3 Å². The number of carboxylic acid groups (broad SMARTS) is 1. The van der Waals surface area contributed by atoms with Gasteiger partial charge in [0.05, 0.1) is 13.5 Å². The molecule has 0 atom stereocenters. The van der Waals surface area contributed by atoms with Gasteiger partial charge in [-0.15, -0.1) is 0 Å². The van der Waals surface area contributed by atoms with E-state index in [-0.39, 0.29) is 6.42 Å². The molecule has 110 valence electrons. The van der Waals surface area contributed by atoms with Crippen LogP contribution >= 0.6 is 0 Å². The number of carbonyl (C=O) groups is 1. The molecular formula is C16H18N2O3. The van der Waals surface area contributed by atoms with Crippen LogP contribution in [0.4, 0.5) is 5.69 Å². The smallest absolute Gasteiger partial charge is 0.305 e. The lowest BCUT2D eigenvalue weighted by molar-refractivity contribution is -0.136. The van der Waals surface area contributed by atoms with Gasteiger partial charge in [0.25, 0.3) is 0 Å². The molecule has 0 saturated heterocycles. The van der Waals surface area contributed by atoms with Crippen molar-refractivity contribution in [3.63, 3.8) is 0 Å². The fourth-order valence-electron chi connectivity index (χ4n) is 2.01. The maximum absolute atomic E-state index is 10.8. The number of para-hydroxylation sites is 1. The van der Waals surface area contributed by atoms with Gasteiger partial charge in [-0.3, -0.25) is 4.79 Å². The molecule has 0 bridgehead atoms. The maximum atomic E-state index is 10.8. The van der Waals surface area contributed by atoms with E-state index in [9.17, 15) is 4.79 Å². The molecule has 0 radical (unpaired) electrons. The van der Waals surface area contributed by atoms with E-state index in [1.54, 1.807) is 19.4 Å². The molecule has 5 heteroatoms. The molecule has 0 aliphatic heterocycles. The minimum atomic E-state index is -0.802. The van der Waals surface area contributed by atoms with E-state index >= 15 is 0 Å². The highest BCUT2D eigenvalue weighted by atomic mass is 16.5. The highest BCUT2D eigenvalue weighted by Gasteiger charge is 2.09. The lowest BCUT2D eigenvalue weighted by atomic mass is 10.2. The Kier molecular flexibility index (Phi) is 5.15. The van der Waals surface area contributed by atoms with Crippen molar-refractivity contribution in [2.24, 2.45) is 0 Å². The van der Waals surface area contributed by atoms with E-state index in [2.05, 4.69) is 4.98 Å². The van der Waals surface area contributed by atoms with Crippen molar-refractivity contribution in [2.75, 3.05) is 18.6 Å². The second kappa shape index (κ2) is 7.28. The molecule has 0 saturated carbocycles. The Hall–Kier alpha value is -2.56. The number of methoxy groups -OCH3 is 1. The zero-order chi connectivity index (χ0) is 15.1. The normalized spacial score (nSPS) is 10.1. The van der Waals surface area contributed by atoms with Gasteiger partial charge in [-0.2, -0.15) is 0 Å². The first-order chi connectivity index (χ1) is 10.2. The van der Waals surface area contributed by atoms with Gasteiger partial charge >= 0.3 is 5.97 Å². The summed E-state index contributed by atoms with van der Waals surface area (Å²) >= 11 is 0. The minimum absolute atomic E-state index is 0.0957. The Morgan fingerprint density at radius 2 is 2.00 bits per heavy atom. The third-order valence-electron chi connectivity index (χ3n) is 3.10. The molecule has 0 fully saturated rings. The molecular weight excluding hydrogens is 268 g/mol. The summed E-state index contributed by atoms with van der Waals surface area (Å²) < 4.78 is 5.04. The van der Waals surface area contributed by atoms with Gasteiger partial charge in [-0.25, -0.2) is 4.98 Å². The van der Waals surface area contributed by atoms with Crippen molar-refractivity contribution in [3.05, 3.63) is 54.2 Å². The van der Waals surface area contributed by atoms with Crippen molar-refractivity contribution < 1.29 is 14.6 Å². The second-order valence-electron chi connectivity index (χ2n) is 4.61. The largest absolute Gasteiger partial charge is 0.481 e. The van der Waals surface area contributed by atoms with Gasteiger partial charge in [0.1, 0.15) is 0 Å². The Morgan fingerprint density at radius 1 is 1.24 bits per heavy atom. The number of nitrogens with zero attached hydrogens (tertiary/aromatic N) is 2. The van der Waals surface area contributed by atoms with E-state index in [1.807, 2.05) is 41.3 Å². The first-order valence-corrected chi connectivity index (χ1v) is 6.70. The van der Waals surface area contributed by atoms with Crippen molar-refractivity contribution in [3.8, 4) is 5.88 Å². The molecule has 0 spiro atoms. The number of aromatic nitrogens is 1. The topological polar surface area (TPSA) is 62.7 Å². The Bertz CT molecular complexity index is 570. The Balaban J connectivity index is 2.12. The summed E-state index contributed by atoms with van der Waals surface area (Å²) in [6, 6.07) is 13.5. The first-order valence-electron chi connectivity index (χ1n) is 6.70. The number of rotatable bonds is 7. The summed E-state index contributed by atoms with van der Waals surface area (Å²) in [5, 5.41) is 8.89. The second-order valence-corrected chi connectivity index (χ2v) is 4.61. The SMILES string of the molecule is COc1ccc(CN(CCC(=O)O)c2ccccc2)cn1. The predicted octanol–water partition coefficient (Wildman–Crippen LogP) is 2.57. The number of aliphatic carboxylic acids is 1. The number of hydrogen-bond acceptors (Lipinski definition) is 4. The van der Waals surface area contributed by atoms with Crippen molar-refractivity contribution in [2.45, 2.75) is 13.0 Å². The molecule has 0 aliphatic carbocycles. The fourth-order valence-corrected chi connectivity index (χ4v) is 2.01. The third kappa shape index (κ3) is 4.49. The highest BCUT2D eigenvalue weighted by Crippen LogP contribution is 2.17. The van der Waals surface area contributed by atoms with Crippen molar-refractivity contribution >= 4 is 11.7 Å². The van der Waals surface area contributed by atoms with Gasteiger partial charge in [0.2, 0.25) is 5.88 Å². The van der Waals surface area contributed by atoms with Crippen LogP contribution in [0, 0.1) is 0 Å². The number of anilines is 1. The number of benzene rings is 1. The molecule has 1 N–H and O–H groups in total. The fraction of sp³-hybridized carbons (Fsp3) is 0.250. The van der Waals surface area contributed by atoms with Crippen LogP contribution in [0.3, 0.4) is 0 Å². The van der Waals surface area contributed by atoms with Gasteiger partial charge in [0.15, 0.2) is 0 Å². The van der Waals surface area contributed by atoms with Crippen LogP contribution in [0.15, 0.2) is 48.7 Å². The van der Waals surface area contributed by atoms with Crippen molar-refractivity contribution in [1.82, 2.24) is 4.98 Å². The summed E-state index contributed by atoms with van der Waals surface area (Å²) in [7, 11) is 1.57. The summed E-state index contributed by atoms with van der Waals surface area (Å²) in [6.07, 6.45) is 1.84. The van der Waals surface area contributed by atoms with E-state index in [0.717, 1.165) is 11.3 Å². The molecule has 1 aromatic heterocycles. The molecule has 21 heavy (non-hydrogen) atoms. The predicted molar refractivity (Wildman–Crippen MR) is 80.5 cm³/mol. The summed E-state index contributed by atoms with van der Waals surface area (Å²) in [4.78, 5) is 17.0. The first kappa shape index (κ1) is 14.8. The Morgan fingerprint density at radius 3 is 2.57 bits per heavy atom. The van der Waals surface area contributed by atoms with Crippen LogP contribution in [0.5, 0.6) is 5.88 Å². The van der Waals surface area contributed by atoms with Crippen LogP contribution in [0.25, 0.3) is 0 Å². The van der Waals surface area contributed by atoms with Crippen molar-refractivity contribution in [1.29, 1.82) is 0 Å². The number of hydrogen-bond donors (Lipinski definition) is 1. The summed E-state index contributed by atoms with van der Waals surface area (Å²) in [5.41, 5.74) is 2.00. The van der Waals surface area contributed by atoms with E-state index in [1.165, 1.54) is 0 Å². The zero-order valence-electron chi connectivity index (χ0n) is 11.9. The van der Waals surface area contributed by atoms with Crippen LogP contribution in [0.1, 0.15) is 12.0 Å². The highest BCUT2D eigenvalue weighted by molar-refractivity contribution is 5.67. The molecule has 2 rings (SSSR count). The number of pyridine rings is 1. The Labute approximate surface area is 123 Å². The lowest BCUT2D eigenvalue weighted by Gasteiger charge is -2.24.